The molecule has 4 unspecified atom stereocenters. The van der Waals surface area contributed by atoms with Crippen molar-refractivity contribution in [2.45, 2.75) is 151 Å². The van der Waals surface area contributed by atoms with Crippen LogP contribution in [0.4, 0.5) is 0 Å². The van der Waals surface area contributed by atoms with E-state index in [1.165, 1.54) is 51.4 Å². The molecule has 1 amide bonds. The first kappa shape index (κ1) is 35.0. The molecule has 7 fully saturated rings. The van der Waals surface area contributed by atoms with Crippen molar-refractivity contribution in [3.05, 3.63) is 36.5 Å². The zero-order chi connectivity index (χ0) is 36.5. The summed E-state index contributed by atoms with van der Waals surface area (Å²) in [6.45, 7) is 17.8. The van der Waals surface area contributed by atoms with Gasteiger partial charge in [0.15, 0.2) is 0 Å². The van der Waals surface area contributed by atoms with E-state index in [0.717, 1.165) is 62.2 Å². The molecule has 6 saturated carbocycles. The molecule has 0 radical (unpaired) electrons. The van der Waals surface area contributed by atoms with Gasteiger partial charge in [0, 0.05) is 36.8 Å². The third kappa shape index (κ3) is 4.74. The molecule has 6 aliphatic carbocycles. The molecule has 2 aromatic heterocycles. The number of nitrogens with zero attached hydrogens (tertiary/aromatic N) is 3. The lowest BCUT2D eigenvalue weighted by atomic mass is 9.32. The molecule has 0 aromatic carbocycles. The number of imidazole rings is 1. The van der Waals surface area contributed by atoms with Crippen molar-refractivity contribution in [3.63, 3.8) is 0 Å². The number of ether oxygens (including phenoxy) is 1. The zero-order valence-electron chi connectivity index (χ0n) is 33.1. The van der Waals surface area contributed by atoms with Gasteiger partial charge in [-0.15, -0.1) is 0 Å². The highest BCUT2D eigenvalue weighted by Gasteiger charge is 2.74. The summed E-state index contributed by atoms with van der Waals surface area (Å²) in [6, 6.07) is 4.05. The van der Waals surface area contributed by atoms with E-state index in [1.54, 1.807) is 13.1 Å². The second kappa shape index (κ2) is 11.7. The maximum atomic E-state index is 15.6. The number of aromatic amines is 1. The number of hydrogen-bond acceptors (Lipinski definition) is 5. The molecule has 0 bridgehead atoms. The molecule has 9 rings (SSSR count). The van der Waals surface area contributed by atoms with Gasteiger partial charge in [0.25, 0.3) is 0 Å². The number of esters is 1. The van der Waals surface area contributed by atoms with Gasteiger partial charge >= 0.3 is 5.97 Å². The summed E-state index contributed by atoms with van der Waals surface area (Å²) in [6.07, 6.45) is 21.9. The number of rotatable bonds is 5. The van der Waals surface area contributed by atoms with Crippen LogP contribution in [-0.4, -0.2) is 44.4 Å². The minimum Gasteiger partial charge on any atom is -0.462 e. The third-order valence-corrected chi connectivity index (χ3v) is 18.4. The number of likely N-dealkylation sites (tertiary alicyclic amines) is 1. The molecule has 7 nitrogen and oxygen atoms in total. The van der Waals surface area contributed by atoms with Gasteiger partial charge in [-0.25, -0.2) is 4.98 Å². The molecule has 7 heteroatoms. The quantitative estimate of drug-likeness (QED) is 0.313. The van der Waals surface area contributed by atoms with Crippen molar-refractivity contribution in [1.82, 2.24) is 19.9 Å². The van der Waals surface area contributed by atoms with E-state index < -0.39 is 0 Å². The summed E-state index contributed by atoms with van der Waals surface area (Å²) in [4.78, 5) is 42.8. The van der Waals surface area contributed by atoms with Gasteiger partial charge in [-0.1, -0.05) is 41.5 Å². The summed E-state index contributed by atoms with van der Waals surface area (Å²) >= 11 is 0. The third-order valence-electron chi connectivity index (χ3n) is 18.4. The van der Waals surface area contributed by atoms with Crippen molar-refractivity contribution in [2.75, 3.05) is 6.54 Å². The van der Waals surface area contributed by atoms with Gasteiger partial charge < -0.3 is 14.6 Å². The van der Waals surface area contributed by atoms with E-state index in [4.69, 9.17) is 9.72 Å². The van der Waals surface area contributed by atoms with E-state index in [9.17, 15) is 4.79 Å². The highest BCUT2D eigenvalue weighted by molar-refractivity contribution is 5.84. The molecule has 1 N–H and O–H groups in total. The van der Waals surface area contributed by atoms with Crippen LogP contribution >= 0.6 is 0 Å². The van der Waals surface area contributed by atoms with E-state index in [-0.39, 0.29) is 45.2 Å². The largest absolute Gasteiger partial charge is 0.462 e. The maximum absolute atomic E-state index is 15.6. The summed E-state index contributed by atoms with van der Waals surface area (Å²) in [5.74, 6) is 4.18. The number of pyridine rings is 1. The fourth-order valence-corrected chi connectivity index (χ4v) is 15.5. The van der Waals surface area contributed by atoms with E-state index in [1.807, 2.05) is 18.5 Å². The van der Waals surface area contributed by atoms with Crippen LogP contribution in [0, 0.1) is 62.1 Å². The number of H-pyrrole nitrogens is 1. The van der Waals surface area contributed by atoms with Crippen molar-refractivity contribution >= 4 is 11.9 Å². The van der Waals surface area contributed by atoms with Crippen molar-refractivity contribution in [2.24, 2.45) is 62.1 Å². The van der Waals surface area contributed by atoms with Crippen molar-refractivity contribution in [1.29, 1.82) is 0 Å². The van der Waals surface area contributed by atoms with E-state index in [0.29, 0.717) is 40.9 Å². The Morgan fingerprint density at radius 3 is 2.37 bits per heavy atom. The van der Waals surface area contributed by atoms with Crippen LogP contribution < -0.4 is 0 Å². The van der Waals surface area contributed by atoms with Crippen molar-refractivity contribution in [3.8, 4) is 11.3 Å². The Morgan fingerprint density at radius 2 is 1.63 bits per heavy atom. The lowest BCUT2D eigenvalue weighted by Crippen LogP contribution is -2.67. The number of hydrogen-bond donors (Lipinski definition) is 1. The Hall–Kier alpha value is -2.70. The topological polar surface area (TPSA) is 88.2 Å². The summed E-state index contributed by atoms with van der Waals surface area (Å²) in [7, 11) is 0. The number of amides is 1. The summed E-state index contributed by atoms with van der Waals surface area (Å²) < 4.78 is 6.01. The predicted octanol–water partition coefficient (Wildman–Crippen LogP) is 9.95. The number of nitrogens with one attached hydrogen (secondary N) is 1. The second-order valence-electron chi connectivity index (χ2n) is 20.7. The molecule has 1 saturated heterocycles. The first-order chi connectivity index (χ1) is 24.7. The average molecular weight is 709 g/mol. The standard InChI is InChI=1S/C45H64N4O3/c1-28(50)52-36-16-17-42(5)34(40(36,2)3)15-18-44(7)35(42)13-12-31-37-30(41(4)20-21-41)14-19-45(37,23-22-43(31,44)6)39(51)49-25-9-11-33(49)38-47-27-32(48-38)29-10-8-24-46-26-29/h8,10,24,26-27,30-31,33-37H,9,11-23,25H2,1-7H3,(H,47,48)/t30?,31-,33+,34?,35?,36+,37?,42+,43-,44-,45+/m1/s1. The first-order valence-electron chi connectivity index (χ1n) is 21.1. The van der Waals surface area contributed by atoms with Crippen LogP contribution in [0.25, 0.3) is 11.3 Å². The normalized spacial score (nSPS) is 44.2. The highest BCUT2D eigenvalue weighted by Crippen LogP contribution is 2.79. The second-order valence-corrected chi connectivity index (χ2v) is 20.7. The van der Waals surface area contributed by atoms with Gasteiger partial charge in [0.05, 0.1) is 23.3 Å². The molecule has 1 aliphatic heterocycles. The van der Waals surface area contributed by atoms with E-state index >= 15 is 4.79 Å². The minimum absolute atomic E-state index is 0.0109. The summed E-state index contributed by atoms with van der Waals surface area (Å²) in [5.41, 5.74) is 2.83. The number of carbonyl (C=O) groups is 2. The SMILES string of the molecule is CC(=O)O[C@H]1CC[C@@]2(C)C(CC[C@]3(C)C2CC[C@@H]2C4C(C5(C)CC5)CC[C@]4(C(=O)N4CCC[C@H]4c4ncc(-c5cccnc5)[nH]4)CC[C@]23C)C1(C)C. The maximum Gasteiger partial charge on any atom is 0.302 e. The Kier molecular flexibility index (Phi) is 7.85. The van der Waals surface area contributed by atoms with Gasteiger partial charge in [-0.05, 0) is 153 Å². The monoisotopic (exact) mass is 708 g/mol. The Labute approximate surface area is 312 Å². The van der Waals surface area contributed by atoms with Crippen LogP contribution in [0.15, 0.2) is 30.7 Å². The van der Waals surface area contributed by atoms with Crippen molar-refractivity contribution < 1.29 is 14.3 Å². The van der Waals surface area contributed by atoms with Crippen LogP contribution in [-0.2, 0) is 14.3 Å². The molecule has 52 heavy (non-hydrogen) atoms. The first-order valence-corrected chi connectivity index (χ1v) is 21.1. The number of fused-ring (bicyclic) bond motifs is 7. The number of carbonyl (C=O) groups excluding carboxylic acids is 2. The fraction of sp³-hybridized carbons (Fsp3) is 0.778. The van der Waals surface area contributed by atoms with Crippen LogP contribution in [0.1, 0.15) is 150 Å². The molecule has 2 aromatic rings. The van der Waals surface area contributed by atoms with Gasteiger partial charge in [-0.3, -0.25) is 14.6 Å². The molecule has 0 spiro atoms. The van der Waals surface area contributed by atoms with Gasteiger partial charge in [0.2, 0.25) is 5.91 Å². The Balaban J connectivity index is 1.04. The number of aromatic nitrogens is 3. The van der Waals surface area contributed by atoms with Crippen LogP contribution in [0.5, 0.6) is 0 Å². The van der Waals surface area contributed by atoms with Crippen LogP contribution in [0.3, 0.4) is 0 Å². The smallest absolute Gasteiger partial charge is 0.302 e. The molecule has 282 valence electrons. The average Bonchev–Trinajstić information content (AvgIpc) is 3.50. The minimum atomic E-state index is -0.254. The zero-order valence-corrected chi connectivity index (χ0v) is 33.1. The van der Waals surface area contributed by atoms with Gasteiger partial charge in [0.1, 0.15) is 11.9 Å². The van der Waals surface area contributed by atoms with E-state index in [2.05, 4.69) is 62.5 Å². The molecule has 3 heterocycles. The summed E-state index contributed by atoms with van der Waals surface area (Å²) in [5, 5.41) is 0. The lowest BCUT2D eigenvalue weighted by Gasteiger charge is -2.73. The highest BCUT2D eigenvalue weighted by atomic mass is 16.5. The fourth-order valence-electron chi connectivity index (χ4n) is 15.5. The lowest BCUT2D eigenvalue weighted by molar-refractivity contribution is -0.251. The van der Waals surface area contributed by atoms with Gasteiger partial charge in [-0.2, -0.15) is 0 Å². The molecule has 7 aliphatic rings. The predicted molar refractivity (Wildman–Crippen MR) is 203 cm³/mol. The van der Waals surface area contributed by atoms with Crippen LogP contribution in [0.2, 0.25) is 0 Å². The molecular formula is C45H64N4O3. The molecular weight excluding hydrogens is 645 g/mol. The Morgan fingerprint density at radius 1 is 0.827 bits per heavy atom. The molecule has 11 atom stereocenters. The Bertz CT molecular complexity index is 1730.